The second kappa shape index (κ2) is 11.1. The van der Waals surface area contributed by atoms with E-state index in [1.54, 1.807) is 33.5 Å². The van der Waals surface area contributed by atoms with Crippen molar-refractivity contribution in [1.82, 2.24) is 9.88 Å². The van der Waals surface area contributed by atoms with Gasteiger partial charge in [-0.05, 0) is 41.0 Å². The van der Waals surface area contributed by atoms with Gasteiger partial charge < -0.3 is 24.1 Å². The van der Waals surface area contributed by atoms with Gasteiger partial charge in [0.25, 0.3) is 5.91 Å². The zero-order valence-corrected chi connectivity index (χ0v) is 21.0. The number of ether oxygens (including phenoxy) is 3. The lowest BCUT2D eigenvalue weighted by Crippen LogP contribution is -2.33. The number of aromatic nitrogens is 1. The number of amides is 1. The summed E-state index contributed by atoms with van der Waals surface area (Å²) in [5.41, 5.74) is 2.96. The first kappa shape index (κ1) is 25.0. The van der Waals surface area contributed by atoms with Crippen LogP contribution in [0.25, 0.3) is 10.8 Å². The van der Waals surface area contributed by atoms with Crippen molar-refractivity contribution in [2.75, 3.05) is 21.3 Å². The summed E-state index contributed by atoms with van der Waals surface area (Å²) in [4.78, 5) is 26.3. The number of rotatable bonds is 9. The van der Waals surface area contributed by atoms with Gasteiger partial charge in [0.1, 0.15) is 5.56 Å². The van der Waals surface area contributed by atoms with Crippen molar-refractivity contribution in [2.24, 2.45) is 0 Å². The first-order chi connectivity index (χ1) is 17.5. The van der Waals surface area contributed by atoms with Crippen LogP contribution in [0.1, 0.15) is 32.9 Å². The minimum Gasteiger partial charge on any atom is -0.493 e. The van der Waals surface area contributed by atoms with E-state index in [1.807, 2.05) is 35.8 Å². The fourth-order valence-electron chi connectivity index (χ4n) is 4.44. The largest absolute Gasteiger partial charge is 0.493 e. The van der Waals surface area contributed by atoms with Gasteiger partial charge in [-0.15, -0.1) is 0 Å². The van der Waals surface area contributed by atoms with Crippen LogP contribution in [0.5, 0.6) is 11.5 Å². The zero-order valence-electron chi connectivity index (χ0n) is 21.0. The first-order valence-corrected chi connectivity index (χ1v) is 11.6. The van der Waals surface area contributed by atoms with Crippen molar-refractivity contribution in [3.8, 4) is 11.5 Å². The number of carbonyl (C=O) groups excluding carboxylic acids is 1. The molecule has 0 spiro atoms. The number of benzene rings is 3. The number of nitrogens with zero attached hydrogens (tertiary/aromatic N) is 1. The predicted molar refractivity (Wildman–Crippen MR) is 140 cm³/mol. The highest BCUT2D eigenvalue weighted by Gasteiger charge is 2.21. The highest BCUT2D eigenvalue weighted by molar-refractivity contribution is 5.95. The van der Waals surface area contributed by atoms with E-state index in [-0.39, 0.29) is 24.1 Å². The molecular weight excluding hydrogens is 456 g/mol. The molecule has 0 bridgehead atoms. The van der Waals surface area contributed by atoms with Crippen LogP contribution in [-0.4, -0.2) is 31.8 Å². The molecule has 0 aliphatic carbocycles. The van der Waals surface area contributed by atoms with Crippen LogP contribution in [0.15, 0.2) is 71.5 Å². The van der Waals surface area contributed by atoms with Gasteiger partial charge in [0, 0.05) is 32.0 Å². The molecule has 0 aliphatic heterocycles. The molecule has 186 valence electrons. The SMILES string of the molecule is COCc1c(C(=O)NCc2ccc(OC)c(OC)c2)c(=O)cc(C)n1Cc1cccc2ccccc12. The van der Waals surface area contributed by atoms with Crippen LogP contribution in [0, 0.1) is 6.92 Å². The molecule has 0 unspecified atom stereocenters. The number of nitrogens with one attached hydrogen (secondary N) is 1. The molecule has 0 fully saturated rings. The second-order valence-electron chi connectivity index (χ2n) is 8.50. The van der Waals surface area contributed by atoms with Crippen LogP contribution < -0.4 is 20.2 Å². The Morgan fingerprint density at radius 3 is 2.42 bits per heavy atom. The van der Waals surface area contributed by atoms with E-state index in [4.69, 9.17) is 14.2 Å². The molecule has 4 rings (SSSR count). The minimum atomic E-state index is -0.450. The van der Waals surface area contributed by atoms with E-state index in [2.05, 4.69) is 29.6 Å². The first-order valence-electron chi connectivity index (χ1n) is 11.6. The molecule has 7 heteroatoms. The highest BCUT2D eigenvalue weighted by Crippen LogP contribution is 2.27. The quantitative estimate of drug-likeness (QED) is 0.378. The Bertz CT molecular complexity index is 1450. The summed E-state index contributed by atoms with van der Waals surface area (Å²) >= 11 is 0. The van der Waals surface area contributed by atoms with Gasteiger partial charge in [-0.2, -0.15) is 0 Å². The number of hydrogen-bond acceptors (Lipinski definition) is 5. The van der Waals surface area contributed by atoms with Gasteiger partial charge in [0.2, 0.25) is 0 Å². The third-order valence-electron chi connectivity index (χ3n) is 6.24. The maximum absolute atomic E-state index is 13.3. The van der Waals surface area contributed by atoms with Crippen molar-refractivity contribution in [1.29, 1.82) is 0 Å². The van der Waals surface area contributed by atoms with Gasteiger partial charge in [-0.1, -0.05) is 48.5 Å². The Kier molecular flexibility index (Phi) is 7.71. The molecule has 3 aromatic carbocycles. The van der Waals surface area contributed by atoms with E-state index in [1.165, 1.54) is 6.07 Å². The Morgan fingerprint density at radius 2 is 1.67 bits per heavy atom. The van der Waals surface area contributed by atoms with E-state index in [0.29, 0.717) is 23.7 Å². The molecule has 1 aromatic heterocycles. The summed E-state index contributed by atoms with van der Waals surface area (Å²) in [6.07, 6.45) is 0. The molecule has 7 nitrogen and oxygen atoms in total. The van der Waals surface area contributed by atoms with Crippen LogP contribution in [-0.2, 0) is 24.4 Å². The number of methoxy groups -OCH3 is 3. The molecule has 1 amide bonds. The smallest absolute Gasteiger partial charge is 0.257 e. The number of aryl methyl sites for hydroxylation is 1. The lowest BCUT2D eigenvalue weighted by atomic mass is 10.0. The Labute approximate surface area is 210 Å². The predicted octanol–water partition coefficient (Wildman–Crippen LogP) is 4.45. The summed E-state index contributed by atoms with van der Waals surface area (Å²) in [5, 5.41) is 5.14. The standard InChI is InChI=1S/C29H30N2O5/c1-19-14-25(32)28(29(33)30-16-20-12-13-26(35-3)27(15-20)36-4)24(18-34-2)31(19)17-22-10-7-9-21-8-5-6-11-23(21)22/h5-15H,16-18H2,1-4H3,(H,30,33). The normalized spacial score (nSPS) is 10.9. The fraction of sp³-hybridized carbons (Fsp3) is 0.241. The Morgan fingerprint density at radius 1 is 0.917 bits per heavy atom. The van der Waals surface area contributed by atoms with Crippen LogP contribution in [0.2, 0.25) is 0 Å². The maximum Gasteiger partial charge on any atom is 0.257 e. The molecule has 0 atom stereocenters. The van der Waals surface area contributed by atoms with E-state index in [0.717, 1.165) is 27.6 Å². The molecule has 0 radical (unpaired) electrons. The topological polar surface area (TPSA) is 78.8 Å². The Balaban J connectivity index is 1.68. The van der Waals surface area contributed by atoms with Crippen molar-refractivity contribution in [2.45, 2.75) is 26.6 Å². The molecular formula is C29H30N2O5. The molecule has 0 saturated heterocycles. The molecule has 36 heavy (non-hydrogen) atoms. The van der Waals surface area contributed by atoms with Crippen LogP contribution in [0.4, 0.5) is 0 Å². The maximum atomic E-state index is 13.3. The summed E-state index contributed by atoms with van der Waals surface area (Å²) in [6, 6.07) is 21.2. The van der Waals surface area contributed by atoms with Gasteiger partial charge >= 0.3 is 0 Å². The summed E-state index contributed by atoms with van der Waals surface area (Å²) in [6.45, 7) is 2.72. The molecule has 0 aliphatic rings. The monoisotopic (exact) mass is 486 g/mol. The van der Waals surface area contributed by atoms with Gasteiger partial charge in [0.15, 0.2) is 16.9 Å². The van der Waals surface area contributed by atoms with E-state index < -0.39 is 5.91 Å². The third kappa shape index (κ3) is 5.11. The number of hydrogen-bond donors (Lipinski definition) is 1. The third-order valence-corrected chi connectivity index (χ3v) is 6.24. The lowest BCUT2D eigenvalue weighted by Gasteiger charge is -2.20. The van der Waals surface area contributed by atoms with Gasteiger partial charge in [-0.25, -0.2) is 0 Å². The molecule has 1 N–H and O–H groups in total. The number of fused-ring (bicyclic) bond motifs is 1. The average Bonchev–Trinajstić information content (AvgIpc) is 2.89. The lowest BCUT2D eigenvalue weighted by molar-refractivity contribution is 0.0942. The van der Waals surface area contributed by atoms with Crippen molar-refractivity contribution in [3.63, 3.8) is 0 Å². The van der Waals surface area contributed by atoms with Crippen LogP contribution >= 0.6 is 0 Å². The average molecular weight is 487 g/mol. The van der Waals surface area contributed by atoms with Gasteiger partial charge in [0.05, 0.1) is 26.5 Å². The molecule has 4 aromatic rings. The number of pyridine rings is 1. The van der Waals surface area contributed by atoms with Crippen molar-refractivity contribution >= 4 is 16.7 Å². The summed E-state index contributed by atoms with van der Waals surface area (Å²) in [7, 11) is 4.68. The van der Waals surface area contributed by atoms with E-state index in [9.17, 15) is 9.59 Å². The molecule has 1 heterocycles. The van der Waals surface area contributed by atoms with Gasteiger partial charge in [-0.3, -0.25) is 9.59 Å². The van der Waals surface area contributed by atoms with E-state index >= 15 is 0 Å². The Hall–Kier alpha value is -4.10. The minimum absolute atomic E-state index is 0.0863. The second-order valence-corrected chi connectivity index (χ2v) is 8.50. The summed E-state index contributed by atoms with van der Waals surface area (Å²) < 4.78 is 18.0. The van der Waals surface area contributed by atoms with Crippen molar-refractivity contribution in [3.05, 3.63) is 105 Å². The highest BCUT2D eigenvalue weighted by atomic mass is 16.5. The molecule has 0 saturated carbocycles. The zero-order chi connectivity index (χ0) is 25.7. The number of carbonyl (C=O) groups is 1. The van der Waals surface area contributed by atoms with Crippen LogP contribution in [0.3, 0.4) is 0 Å². The fourth-order valence-corrected chi connectivity index (χ4v) is 4.44. The van der Waals surface area contributed by atoms with Crippen molar-refractivity contribution < 1.29 is 19.0 Å². The summed E-state index contributed by atoms with van der Waals surface area (Å²) in [5.74, 6) is 0.718.